The van der Waals surface area contributed by atoms with E-state index in [2.05, 4.69) is 0 Å². The molecule has 0 rings (SSSR count). The molecule has 0 aromatic rings. The van der Waals surface area contributed by atoms with Gasteiger partial charge in [0.1, 0.15) is 0 Å². The number of rotatable bonds is 0. The number of phosphoric acid groups is 1. The Bertz CT molecular complexity index is 62.2. The van der Waals surface area contributed by atoms with Crippen molar-refractivity contribution >= 4 is 7.82 Å². The van der Waals surface area contributed by atoms with E-state index in [1.165, 1.54) is 0 Å². The number of hydrogen-bond donors (Lipinski definition) is 3. The van der Waals surface area contributed by atoms with E-state index in [1.807, 2.05) is 0 Å². The summed E-state index contributed by atoms with van der Waals surface area (Å²) >= 11 is 0. The first-order valence-corrected chi connectivity index (χ1v) is 2.35. The van der Waals surface area contributed by atoms with Gasteiger partial charge in [0.05, 0.1) is 0 Å². The van der Waals surface area contributed by atoms with Gasteiger partial charge in [-0.15, -0.1) is 0 Å². The molecule has 0 fully saturated rings. The van der Waals surface area contributed by atoms with Crippen molar-refractivity contribution in [1.82, 2.24) is 0 Å². The van der Waals surface area contributed by atoms with Gasteiger partial charge in [-0.2, -0.15) is 0 Å². The number of hydrogen-bond acceptors (Lipinski definition) is 1. The smallest absolute Gasteiger partial charge is 1.00 e. The Labute approximate surface area is 69.7 Å². The summed E-state index contributed by atoms with van der Waals surface area (Å²) in [5.41, 5.74) is 0. The molecule has 0 atom stereocenters. The van der Waals surface area contributed by atoms with E-state index >= 15 is 0 Å². The largest absolute Gasteiger partial charge is 1.00 e. The van der Waals surface area contributed by atoms with Crippen LogP contribution in [0.2, 0.25) is 0 Å². The predicted octanol–water partition coefficient (Wildman–Crippen LogP) is -3.81. The van der Waals surface area contributed by atoms with Crippen molar-refractivity contribution in [3.8, 4) is 0 Å². The summed E-state index contributed by atoms with van der Waals surface area (Å²) in [7, 11) is -4.64. The van der Waals surface area contributed by atoms with Gasteiger partial charge in [-0.25, -0.2) is 4.57 Å². The van der Waals surface area contributed by atoms with E-state index in [9.17, 15) is 0 Å². The van der Waals surface area contributed by atoms with Crippen molar-refractivity contribution in [2.45, 2.75) is 0 Å². The minimum Gasteiger partial charge on any atom is -1.00 e. The molecule has 0 aliphatic rings. The van der Waals surface area contributed by atoms with Crippen LogP contribution < -0.4 is 18.9 Å². The third-order valence-corrected chi connectivity index (χ3v) is 0. The molecule has 0 aliphatic heterocycles. The molecule has 0 spiro atoms. The van der Waals surface area contributed by atoms with Gasteiger partial charge in [-0.05, 0) is 0 Å². The van der Waals surface area contributed by atoms with E-state index in [0.29, 0.717) is 0 Å². The van der Waals surface area contributed by atoms with Crippen LogP contribution in [0.4, 0.5) is 0 Å². The SMILES string of the molecule is O=P(O)(O)O.[H-].[Li+].[Ta]. The van der Waals surface area contributed by atoms with Crippen molar-refractivity contribution in [2.24, 2.45) is 0 Å². The fourth-order valence-electron chi connectivity index (χ4n) is 0. The second kappa shape index (κ2) is 5.58. The van der Waals surface area contributed by atoms with Crippen LogP contribution in [0.25, 0.3) is 0 Å². The monoisotopic (exact) mass is 287 g/mol. The van der Waals surface area contributed by atoms with Crippen molar-refractivity contribution in [3.05, 3.63) is 0 Å². The van der Waals surface area contributed by atoms with E-state index in [4.69, 9.17) is 19.2 Å². The second-order valence-electron chi connectivity index (χ2n) is 0.513. The molecule has 0 saturated carbocycles. The minimum absolute atomic E-state index is 0. The van der Waals surface area contributed by atoms with E-state index < -0.39 is 7.82 Å². The summed E-state index contributed by atoms with van der Waals surface area (Å²) in [5, 5.41) is 0. The molecular formula is H4LiO4PTa. The normalized spacial score (nSPS) is 8.43. The molecule has 3 N–H and O–H groups in total. The maximum atomic E-state index is 8.88. The Morgan fingerprint density at radius 3 is 1.29 bits per heavy atom. The average Bonchev–Trinajstić information content (AvgIpc) is 0.722. The molecule has 0 aliphatic carbocycles. The summed E-state index contributed by atoms with van der Waals surface area (Å²) < 4.78 is 8.88. The molecule has 0 unspecified atom stereocenters. The van der Waals surface area contributed by atoms with Gasteiger partial charge in [0.15, 0.2) is 0 Å². The molecule has 7 heavy (non-hydrogen) atoms. The molecule has 39 valence electrons. The molecule has 0 bridgehead atoms. The van der Waals surface area contributed by atoms with Crippen LogP contribution >= 0.6 is 7.82 Å². The maximum Gasteiger partial charge on any atom is 1.00 e. The van der Waals surface area contributed by atoms with Crippen molar-refractivity contribution in [3.63, 3.8) is 0 Å². The van der Waals surface area contributed by atoms with Crippen molar-refractivity contribution < 1.29 is 61.9 Å². The Kier molecular flexibility index (Phi) is 12.6. The Hall–Kier alpha value is 1.45. The van der Waals surface area contributed by atoms with Crippen LogP contribution in [0.3, 0.4) is 0 Å². The van der Waals surface area contributed by atoms with Crippen LogP contribution in [0.1, 0.15) is 1.43 Å². The van der Waals surface area contributed by atoms with Crippen LogP contribution in [-0.2, 0) is 26.9 Å². The van der Waals surface area contributed by atoms with Gasteiger partial charge in [-0.1, -0.05) is 0 Å². The first-order valence-electron chi connectivity index (χ1n) is 0.783. The van der Waals surface area contributed by atoms with Crippen LogP contribution in [0.15, 0.2) is 0 Å². The third kappa shape index (κ3) is 105. The summed E-state index contributed by atoms with van der Waals surface area (Å²) in [6, 6.07) is 0. The zero-order valence-corrected chi connectivity index (χ0v) is 7.75. The van der Waals surface area contributed by atoms with Crippen molar-refractivity contribution in [2.75, 3.05) is 0 Å². The van der Waals surface area contributed by atoms with Gasteiger partial charge in [0.2, 0.25) is 0 Å². The fraction of sp³-hybridized carbons (Fsp3) is 0. The first-order chi connectivity index (χ1) is 2.00. The van der Waals surface area contributed by atoms with Gasteiger partial charge in [0.25, 0.3) is 0 Å². The fourth-order valence-corrected chi connectivity index (χ4v) is 0. The summed E-state index contributed by atoms with van der Waals surface area (Å²) in [6.45, 7) is 0. The molecule has 7 heteroatoms. The molecule has 4 nitrogen and oxygen atoms in total. The molecule has 0 aromatic heterocycles. The molecule has 1 radical (unpaired) electrons. The molecule has 0 saturated heterocycles. The molecule has 0 amide bonds. The zero-order valence-electron chi connectivity index (χ0n) is 4.64. The summed E-state index contributed by atoms with van der Waals surface area (Å²) in [5.74, 6) is 0. The zero-order chi connectivity index (χ0) is 4.50. The standard InChI is InChI=1S/Li.H3O4P.Ta.H/c;1-5(2,3)4;;/h;(H3,1,2,3,4);;/q+1;;;-1. The Morgan fingerprint density at radius 1 is 1.29 bits per heavy atom. The van der Waals surface area contributed by atoms with Crippen molar-refractivity contribution in [1.29, 1.82) is 0 Å². The van der Waals surface area contributed by atoms with E-state index in [0.717, 1.165) is 0 Å². The maximum absolute atomic E-state index is 8.88. The van der Waals surface area contributed by atoms with Crippen LogP contribution in [-0.4, -0.2) is 14.7 Å². The Morgan fingerprint density at radius 2 is 1.29 bits per heavy atom. The summed E-state index contributed by atoms with van der Waals surface area (Å²) in [6.07, 6.45) is 0. The third-order valence-electron chi connectivity index (χ3n) is 0. The van der Waals surface area contributed by atoms with Gasteiger partial charge < -0.3 is 16.1 Å². The second-order valence-corrected chi connectivity index (χ2v) is 1.54. The average molecular weight is 287 g/mol. The topological polar surface area (TPSA) is 77.8 Å². The molecular weight excluding hydrogens is 283 g/mol. The molecule has 0 heterocycles. The van der Waals surface area contributed by atoms with E-state index in [1.54, 1.807) is 0 Å². The minimum atomic E-state index is -4.64. The molecule has 0 aromatic carbocycles. The van der Waals surface area contributed by atoms with Crippen LogP contribution in [0.5, 0.6) is 0 Å². The van der Waals surface area contributed by atoms with E-state index in [-0.39, 0.29) is 42.7 Å². The Balaban J connectivity index is -0.0000000267. The first kappa shape index (κ1) is 15.8. The van der Waals surface area contributed by atoms with Crippen LogP contribution in [0, 0.1) is 0 Å². The van der Waals surface area contributed by atoms with Gasteiger partial charge >= 0.3 is 26.7 Å². The quantitative estimate of drug-likeness (QED) is 0.315. The van der Waals surface area contributed by atoms with Gasteiger partial charge in [0, 0.05) is 22.4 Å². The summed E-state index contributed by atoms with van der Waals surface area (Å²) in [4.78, 5) is 21.6. The predicted molar refractivity (Wildman–Crippen MR) is 15.4 cm³/mol. The van der Waals surface area contributed by atoms with Gasteiger partial charge in [-0.3, -0.25) is 0 Å².